The highest BCUT2D eigenvalue weighted by Crippen LogP contribution is 2.36. The van der Waals surface area contributed by atoms with Gasteiger partial charge in [-0.3, -0.25) is 0 Å². The van der Waals surface area contributed by atoms with Gasteiger partial charge < -0.3 is 10.6 Å². The molecule has 0 radical (unpaired) electrons. The molecule has 1 aliphatic rings. The summed E-state index contributed by atoms with van der Waals surface area (Å²) in [6, 6.07) is 0.544. The molecule has 0 saturated heterocycles. The van der Waals surface area contributed by atoms with Gasteiger partial charge in [-0.1, -0.05) is 20.3 Å². The predicted molar refractivity (Wildman–Crippen MR) is 80.6 cm³/mol. The van der Waals surface area contributed by atoms with Crippen LogP contribution in [0.25, 0.3) is 0 Å². The summed E-state index contributed by atoms with van der Waals surface area (Å²) >= 11 is 0. The van der Waals surface area contributed by atoms with E-state index in [1.165, 1.54) is 19.3 Å². The Morgan fingerprint density at radius 3 is 2.42 bits per heavy atom. The van der Waals surface area contributed by atoms with E-state index < -0.39 is 0 Å². The molecule has 0 aliphatic heterocycles. The molecule has 1 fully saturated rings. The molecule has 2 N–H and O–H groups in total. The van der Waals surface area contributed by atoms with Gasteiger partial charge in [0.05, 0.1) is 0 Å². The van der Waals surface area contributed by atoms with Crippen molar-refractivity contribution in [1.29, 1.82) is 0 Å². The molecule has 4 heteroatoms. The van der Waals surface area contributed by atoms with Gasteiger partial charge in [0.15, 0.2) is 0 Å². The van der Waals surface area contributed by atoms with E-state index in [9.17, 15) is 0 Å². The fourth-order valence-corrected chi connectivity index (χ4v) is 3.22. The second-order valence-electron chi connectivity index (χ2n) is 5.70. The first-order valence-corrected chi connectivity index (χ1v) is 7.36. The molecule has 2 rings (SSSR count). The van der Waals surface area contributed by atoms with Gasteiger partial charge in [0.2, 0.25) is 0 Å². The number of hydrogen-bond acceptors (Lipinski definition) is 4. The zero-order chi connectivity index (χ0) is 14.0. The first kappa shape index (κ1) is 14.1. The maximum absolute atomic E-state index is 4.57. The first-order valence-electron chi connectivity index (χ1n) is 7.36. The van der Waals surface area contributed by atoms with Gasteiger partial charge >= 0.3 is 0 Å². The Bertz CT molecular complexity index is 444. The predicted octanol–water partition coefficient (Wildman–Crippen LogP) is 3.37. The van der Waals surface area contributed by atoms with Crippen LogP contribution in [-0.4, -0.2) is 23.1 Å². The Morgan fingerprint density at radius 1 is 1.16 bits per heavy atom. The second-order valence-corrected chi connectivity index (χ2v) is 5.70. The molecule has 0 aromatic carbocycles. The summed E-state index contributed by atoms with van der Waals surface area (Å²) in [6.45, 7) is 8.67. The molecule has 0 amide bonds. The zero-order valence-corrected chi connectivity index (χ0v) is 12.7. The van der Waals surface area contributed by atoms with Crippen molar-refractivity contribution in [2.24, 2.45) is 11.8 Å². The molecule has 3 atom stereocenters. The van der Waals surface area contributed by atoms with Crippen molar-refractivity contribution in [3.8, 4) is 0 Å². The molecular formula is C15H26N4. The molecule has 1 aromatic heterocycles. The van der Waals surface area contributed by atoms with Gasteiger partial charge in [-0.2, -0.15) is 0 Å². The SMILES string of the molecule is CCC1CCC(Nc2nc(C)nc(NC)c2C)C1C. The highest BCUT2D eigenvalue weighted by Gasteiger charge is 2.32. The lowest BCUT2D eigenvalue weighted by molar-refractivity contribution is 0.391. The summed E-state index contributed by atoms with van der Waals surface area (Å²) in [7, 11) is 1.91. The maximum atomic E-state index is 4.57. The minimum Gasteiger partial charge on any atom is -0.373 e. The molecule has 0 bridgehead atoms. The molecule has 1 aromatic rings. The van der Waals surface area contributed by atoms with Crippen molar-refractivity contribution in [2.45, 2.75) is 53.0 Å². The van der Waals surface area contributed by atoms with Crippen LogP contribution >= 0.6 is 0 Å². The van der Waals surface area contributed by atoms with Crippen LogP contribution in [0.2, 0.25) is 0 Å². The van der Waals surface area contributed by atoms with Crippen LogP contribution in [0.5, 0.6) is 0 Å². The van der Waals surface area contributed by atoms with E-state index in [1.807, 2.05) is 14.0 Å². The van der Waals surface area contributed by atoms with Gasteiger partial charge in [0.25, 0.3) is 0 Å². The van der Waals surface area contributed by atoms with Gasteiger partial charge in [-0.25, -0.2) is 9.97 Å². The molecule has 3 unspecified atom stereocenters. The molecule has 19 heavy (non-hydrogen) atoms. The van der Waals surface area contributed by atoms with E-state index in [1.54, 1.807) is 0 Å². The number of nitrogens with zero attached hydrogens (tertiary/aromatic N) is 2. The molecule has 1 aliphatic carbocycles. The quantitative estimate of drug-likeness (QED) is 0.873. The maximum Gasteiger partial charge on any atom is 0.134 e. The minimum absolute atomic E-state index is 0.544. The van der Waals surface area contributed by atoms with Crippen LogP contribution in [0.4, 0.5) is 11.6 Å². The number of rotatable bonds is 4. The summed E-state index contributed by atoms with van der Waals surface area (Å²) < 4.78 is 0. The van der Waals surface area contributed by atoms with E-state index >= 15 is 0 Å². The Balaban J connectivity index is 2.18. The van der Waals surface area contributed by atoms with Gasteiger partial charge in [-0.05, 0) is 38.5 Å². The normalized spacial score (nSPS) is 26.5. The number of aromatic nitrogens is 2. The fourth-order valence-electron chi connectivity index (χ4n) is 3.22. The standard InChI is InChI=1S/C15H26N4/c1-6-12-7-8-13(9(12)2)19-15-10(3)14(16-5)17-11(4)18-15/h9,12-13H,6-8H2,1-5H3,(H2,16,17,18,19). The Kier molecular flexibility index (Phi) is 4.27. The lowest BCUT2D eigenvalue weighted by atomic mass is 9.93. The summed E-state index contributed by atoms with van der Waals surface area (Å²) in [5.74, 6) is 4.30. The Hall–Kier alpha value is -1.32. The first-order chi connectivity index (χ1) is 9.06. The summed E-state index contributed by atoms with van der Waals surface area (Å²) in [5, 5.41) is 6.79. The third kappa shape index (κ3) is 2.82. The van der Waals surface area contributed by atoms with Crippen molar-refractivity contribution in [1.82, 2.24) is 9.97 Å². The molecule has 1 saturated carbocycles. The Morgan fingerprint density at radius 2 is 1.84 bits per heavy atom. The van der Waals surface area contributed by atoms with Crippen molar-refractivity contribution in [2.75, 3.05) is 17.7 Å². The van der Waals surface area contributed by atoms with Gasteiger partial charge in [0.1, 0.15) is 17.5 Å². The van der Waals surface area contributed by atoms with Crippen LogP contribution in [-0.2, 0) is 0 Å². The topological polar surface area (TPSA) is 49.8 Å². The molecule has 4 nitrogen and oxygen atoms in total. The van der Waals surface area contributed by atoms with Crippen molar-refractivity contribution in [3.63, 3.8) is 0 Å². The smallest absolute Gasteiger partial charge is 0.134 e. The summed E-state index contributed by atoms with van der Waals surface area (Å²) in [4.78, 5) is 8.98. The number of anilines is 2. The summed E-state index contributed by atoms with van der Waals surface area (Å²) in [6.07, 6.45) is 3.86. The van der Waals surface area contributed by atoms with Crippen molar-refractivity contribution < 1.29 is 0 Å². The molecule has 106 valence electrons. The van der Waals surface area contributed by atoms with Crippen molar-refractivity contribution in [3.05, 3.63) is 11.4 Å². The highest BCUT2D eigenvalue weighted by molar-refractivity contribution is 5.57. The lowest BCUT2D eigenvalue weighted by Gasteiger charge is -2.23. The van der Waals surface area contributed by atoms with E-state index in [0.29, 0.717) is 6.04 Å². The van der Waals surface area contributed by atoms with E-state index in [2.05, 4.69) is 41.4 Å². The third-order valence-electron chi connectivity index (χ3n) is 4.57. The number of hydrogen-bond donors (Lipinski definition) is 2. The van der Waals surface area contributed by atoms with Gasteiger partial charge in [0, 0.05) is 18.7 Å². The third-order valence-corrected chi connectivity index (χ3v) is 4.57. The Labute approximate surface area is 116 Å². The lowest BCUT2D eigenvalue weighted by Crippen LogP contribution is -2.26. The number of aryl methyl sites for hydroxylation is 1. The second kappa shape index (κ2) is 5.76. The zero-order valence-electron chi connectivity index (χ0n) is 12.7. The van der Waals surface area contributed by atoms with Crippen LogP contribution < -0.4 is 10.6 Å². The van der Waals surface area contributed by atoms with Crippen LogP contribution in [0.15, 0.2) is 0 Å². The fraction of sp³-hybridized carbons (Fsp3) is 0.733. The average molecular weight is 262 g/mol. The van der Waals surface area contributed by atoms with Crippen LogP contribution in [0, 0.1) is 25.7 Å². The van der Waals surface area contributed by atoms with E-state index in [0.717, 1.165) is 34.9 Å². The number of nitrogens with one attached hydrogen (secondary N) is 2. The van der Waals surface area contributed by atoms with Crippen LogP contribution in [0.3, 0.4) is 0 Å². The minimum atomic E-state index is 0.544. The molecule has 1 heterocycles. The average Bonchev–Trinajstić information content (AvgIpc) is 2.74. The highest BCUT2D eigenvalue weighted by atomic mass is 15.1. The largest absolute Gasteiger partial charge is 0.373 e. The van der Waals surface area contributed by atoms with Crippen LogP contribution in [0.1, 0.15) is 44.5 Å². The molecule has 0 spiro atoms. The monoisotopic (exact) mass is 262 g/mol. The van der Waals surface area contributed by atoms with E-state index in [4.69, 9.17) is 0 Å². The summed E-state index contributed by atoms with van der Waals surface area (Å²) in [5.41, 5.74) is 1.11. The van der Waals surface area contributed by atoms with Crippen molar-refractivity contribution >= 4 is 11.6 Å². The van der Waals surface area contributed by atoms with E-state index in [-0.39, 0.29) is 0 Å². The molecular weight excluding hydrogens is 236 g/mol. The van der Waals surface area contributed by atoms with Gasteiger partial charge in [-0.15, -0.1) is 0 Å².